The van der Waals surface area contributed by atoms with E-state index in [1.54, 1.807) is 6.20 Å². The zero-order valence-electron chi connectivity index (χ0n) is 11.0. The van der Waals surface area contributed by atoms with Crippen molar-refractivity contribution in [1.29, 1.82) is 0 Å². The van der Waals surface area contributed by atoms with Crippen LogP contribution in [-0.4, -0.2) is 47.1 Å². The van der Waals surface area contributed by atoms with Crippen molar-refractivity contribution >= 4 is 11.7 Å². The molecule has 1 aromatic rings. The van der Waals surface area contributed by atoms with Crippen molar-refractivity contribution in [2.24, 2.45) is 0 Å². The van der Waals surface area contributed by atoms with Gasteiger partial charge < -0.3 is 15.3 Å². The van der Waals surface area contributed by atoms with E-state index in [-0.39, 0.29) is 5.56 Å². The molecule has 100 valence electrons. The normalized spacial score (nSPS) is 10.6. The lowest BCUT2D eigenvalue weighted by Gasteiger charge is -2.18. The van der Waals surface area contributed by atoms with Crippen LogP contribution in [-0.2, 0) is 0 Å². The maximum atomic E-state index is 11.0. The van der Waals surface area contributed by atoms with Crippen molar-refractivity contribution in [3.8, 4) is 0 Å². The molecule has 0 radical (unpaired) electrons. The number of nitrogens with one attached hydrogen (secondary N) is 1. The minimum atomic E-state index is -0.927. The van der Waals surface area contributed by atoms with Gasteiger partial charge in [0.05, 0.1) is 17.4 Å². The monoisotopic (exact) mass is 251 g/mol. The molecule has 0 atom stereocenters. The number of hydrogen-bond acceptors (Lipinski definition) is 4. The fraction of sp³-hybridized carbons (Fsp3) is 0.538. The van der Waals surface area contributed by atoms with Crippen LogP contribution in [0.3, 0.4) is 0 Å². The van der Waals surface area contributed by atoms with E-state index in [9.17, 15) is 4.79 Å². The Kier molecular flexibility index (Phi) is 6.14. The zero-order valence-corrected chi connectivity index (χ0v) is 11.0. The SMILES string of the molecule is CCN(CC)CCCNc1cnccc1C(=O)O. The minimum Gasteiger partial charge on any atom is -0.478 e. The van der Waals surface area contributed by atoms with Crippen LogP contribution in [0.5, 0.6) is 0 Å². The molecule has 0 unspecified atom stereocenters. The molecule has 0 aliphatic heterocycles. The highest BCUT2D eigenvalue weighted by Gasteiger charge is 2.08. The van der Waals surface area contributed by atoms with Crippen LogP contribution in [0, 0.1) is 0 Å². The van der Waals surface area contributed by atoms with Crippen molar-refractivity contribution in [2.75, 3.05) is 31.5 Å². The van der Waals surface area contributed by atoms with Crippen molar-refractivity contribution in [3.63, 3.8) is 0 Å². The zero-order chi connectivity index (χ0) is 13.4. The standard InChI is InChI=1S/C13H21N3O2/c1-3-16(4-2)9-5-7-15-12-10-14-8-6-11(12)13(17)18/h6,8,10,15H,3-5,7,9H2,1-2H3,(H,17,18). The van der Waals surface area contributed by atoms with E-state index in [1.807, 2.05) is 0 Å². The van der Waals surface area contributed by atoms with Crippen LogP contribution in [0.1, 0.15) is 30.6 Å². The molecule has 2 N–H and O–H groups in total. The predicted octanol–water partition coefficient (Wildman–Crippen LogP) is 1.92. The van der Waals surface area contributed by atoms with E-state index in [0.717, 1.165) is 32.6 Å². The number of anilines is 1. The molecular formula is C13H21N3O2. The Balaban J connectivity index is 2.42. The van der Waals surface area contributed by atoms with Gasteiger partial charge in [0.2, 0.25) is 0 Å². The minimum absolute atomic E-state index is 0.271. The number of carbonyl (C=O) groups is 1. The summed E-state index contributed by atoms with van der Waals surface area (Å²) in [5.41, 5.74) is 0.859. The molecule has 0 aliphatic rings. The van der Waals surface area contributed by atoms with Gasteiger partial charge >= 0.3 is 5.97 Å². The summed E-state index contributed by atoms with van der Waals surface area (Å²) in [5, 5.41) is 12.1. The van der Waals surface area contributed by atoms with Gasteiger partial charge in [0.25, 0.3) is 0 Å². The first-order valence-electron chi connectivity index (χ1n) is 6.32. The number of hydrogen-bond donors (Lipinski definition) is 2. The van der Waals surface area contributed by atoms with Gasteiger partial charge in [-0.3, -0.25) is 4.98 Å². The summed E-state index contributed by atoms with van der Waals surface area (Å²) in [6.07, 6.45) is 4.03. The topological polar surface area (TPSA) is 65.5 Å². The van der Waals surface area contributed by atoms with Gasteiger partial charge in [0.1, 0.15) is 0 Å². The van der Waals surface area contributed by atoms with E-state index in [2.05, 4.69) is 29.0 Å². The maximum Gasteiger partial charge on any atom is 0.337 e. The highest BCUT2D eigenvalue weighted by atomic mass is 16.4. The molecule has 18 heavy (non-hydrogen) atoms. The number of pyridine rings is 1. The third-order valence-corrected chi connectivity index (χ3v) is 2.91. The Morgan fingerprint density at radius 1 is 1.44 bits per heavy atom. The molecule has 5 nitrogen and oxygen atoms in total. The second-order valence-electron chi connectivity index (χ2n) is 4.03. The highest BCUT2D eigenvalue weighted by molar-refractivity contribution is 5.93. The maximum absolute atomic E-state index is 11.0. The fourth-order valence-corrected chi connectivity index (χ4v) is 1.79. The summed E-state index contributed by atoms with van der Waals surface area (Å²) < 4.78 is 0. The quantitative estimate of drug-likeness (QED) is 0.691. The first-order chi connectivity index (χ1) is 8.69. The highest BCUT2D eigenvalue weighted by Crippen LogP contribution is 2.12. The third-order valence-electron chi connectivity index (χ3n) is 2.91. The van der Waals surface area contributed by atoms with E-state index < -0.39 is 5.97 Å². The largest absolute Gasteiger partial charge is 0.478 e. The van der Waals surface area contributed by atoms with Gasteiger partial charge in [-0.15, -0.1) is 0 Å². The number of aromatic nitrogens is 1. The van der Waals surface area contributed by atoms with Crippen molar-refractivity contribution in [1.82, 2.24) is 9.88 Å². The predicted molar refractivity (Wildman–Crippen MR) is 72.1 cm³/mol. The van der Waals surface area contributed by atoms with Gasteiger partial charge in [0, 0.05) is 12.7 Å². The molecule has 0 saturated heterocycles. The molecule has 0 saturated carbocycles. The summed E-state index contributed by atoms with van der Waals surface area (Å²) >= 11 is 0. The number of nitrogens with zero attached hydrogens (tertiary/aromatic N) is 2. The van der Waals surface area contributed by atoms with Crippen LogP contribution in [0.25, 0.3) is 0 Å². The number of rotatable bonds is 8. The molecule has 0 amide bonds. The van der Waals surface area contributed by atoms with Gasteiger partial charge in [-0.25, -0.2) is 4.79 Å². The average molecular weight is 251 g/mol. The van der Waals surface area contributed by atoms with Crippen LogP contribution >= 0.6 is 0 Å². The van der Waals surface area contributed by atoms with Crippen LogP contribution in [0.4, 0.5) is 5.69 Å². The summed E-state index contributed by atoms with van der Waals surface area (Å²) in [6, 6.07) is 1.51. The Morgan fingerprint density at radius 2 is 2.17 bits per heavy atom. The smallest absolute Gasteiger partial charge is 0.337 e. The Hall–Kier alpha value is -1.62. The molecule has 1 heterocycles. The number of carboxylic acids is 1. The lowest BCUT2D eigenvalue weighted by molar-refractivity contribution is 0.0698. The van der Waals surface area contributed by atoms with Gasteiger partial charge in [-0.1, -0.05) is 13.8 Å². The summed E-state index contributed by atoms with van der Waals surface area (Å²) in [6.45, 7) is 8.14. The van der Waals surface area contributed by atoms with Crippen LogP contribution < -0.4 is 5.32 Å². The van der Waals surface area contributed by atoms with Crippen molar-refractivity contribution < 1.29 is 9.90 Å². The number of aromatic carboxylic acids is 1. The van der Waals surface area contributed by atoms with Gasteiger partial charge in [-0.05, 0) is 32.1 Å². The Bertz CT molecular complexity index is 378. The second kappa shape index (κ2) is 7.66. The second-order valence-corrected chi connectivity index (χ2v) is 4.03. The lowest BCUT2D eigenvalue weighted by Crippen LogP contribution is -2.25. The lowest BCUT2D eigenvalue weighted by atomic mass is 10.2. The Morgan fingerprint density at radius 3 is 2.78 bits per heavy atom. The summed E-state index contributed by atoms with van der Waals surface area (Å²) in [4.78, 5) is 17.3. The molecule has 1 aromatic heterocycles. The third kappa shape index (κ3) is 4.33. The first kappa shape index (κ1) is 14.4. The number of carboxylic acid groups (broad SMARTS) is 1. The molecule has 0 fully saturated rings. The van der Waals surface area contributed by atoms with E-state index in [4.69, 9.17) is 5.11 Å². The van der Waals surface area contributed by atoms with Gasteiger partial charge in [0.15, 0.2) is 0 Å². The molecule has 0 spiro atoms. The van der Waals surface area contributed by atoms with Gasteiger partial charge in [-0.2, -0.15) is 0 Å². The van der Waals surface area contributed by atoms with E-state index in [0.29, 0.717) is 5.69 Å². The molecule has 0 aromatic carbocycles. The molecule has 5 heteroatoms. The fourth-order valence-electron chi connectivity index (χ4n) is 1.79. The first-order valence-corrected chi connectivity index (χ1v) is 6.32. The molecule has 0 bridgehead atoms. The summed E-state index contributed by atoms with van der Waals surface area (Å²) in [7, 11) is 0. The van der Waals surface area contributed by atoms with Crippen molar-refractivity contribution in [2.45, 2.75) is 20.3 Å². The van der Waals surface area contributed by atoms with E-state index in [1.165, 1.54) is 12.3 Å². The van der Waals surface area contributed by atoms with E-state index >= 15 is 0 Å². The average Bonchev–Trinajstić information content (AvgIpc) is 2.39. The summed E-state index contributed by atoms with van der Waals surface area (Å²) in [5.74, 6) is -0.927. The van der Waals surface area contributed by atoms with Crippen LogP contribution in [0.2, 0.25) is 0 Å². The Labute approximate surface area is 108 Å². The van der Waals surface area contributed by atoms with Crippen LogP contribution in [0.15, 0.2) is 18.5 Å². The molecular weight excluding hydrogens is 230 g/mol. The van der Waals surface area contributed by atoms with Crippen molar-refractivity contribution in [3.05, 3.63) is 24.0 Å². The molecule has 0 aliphatic carbocycles. The molecule has 1 rings (SSSR count).